The van der Waals surface area contributed by atoms with Crippen LogP contribution in [-0.2, 0) is 17.4 Å². The average Bonchev–Trinajstić information content (AvgIpc) is 2.73. The number of amides is 1. The van der Waals surface area contributed by atoms with Gasteiger partial charge < -0.3 is 10.4 Å². The molecule has 0 radical (unpaired) electrons. The second kappa shape index (κ2) is 6.05. The van der Waals surface area contributed by atoms with Crippen molar-refractivity contribution < 1.29 is 23.1 Å². The Morgan fingerprint density at radius 2 is 2.16 bits per heavy atom. The van der Waals surface area contributed by atoms with E-state index < -0.39 is 23.9 Å². The van der Waals surface area contributed by atoms with E-state index in [4.69, 9.17) is 0 Å². The monoisotopic (exact) mass is 279 g/mol. The lowest BCUT2D eigenvalue weighted by Gasteiger charge is -2.14. The number of carbonyl (C=O) groups is 1. The van der Waals surface area contributed by atoms with Crippen LogP contribution in [-0.4, -0.2) is 33.9 Å². The first-order valence-corrected chi connectivity index (χ1v) is 5.76. The molecule has 8 heteroatoms. The Labute approximate surface area is 108 Å². The Balaban J connectivity index is 2.47. The quantitative estimate of drug-likeness (QED) is 0.755. The second-order valence-corrected chi connectivity index (χ2v) is 4.57. The molecule has 0 saturated carbocycles. The van der Waals surface area contributed by atoms with Crippen LogP contribution in [0.3, 0.4) is 0 Å². The molecule has 1 amide bonds. The number of nitrogens with one attached hydrogen (secondary N) is 2. The summed E-state index contributed by atoms with van der Waals surface area (Å²) in [6.45, 7) is 3.65. The number of H-pyrrole nitrogens is 1. The van der Waals surface area contributed by atoms with Crippen molar-refractivity contribution in [3.05, 3.63) is 17.5 Å². The van der Waals surface area contributed by atoms with Gasteiger partial charge in [0.2, 0.25) is 5.91 Å². The summed E-state index contributed by atoms with van der Waals surface area (Å²) in [5.74, 6) is -0.485. The zero-order chi connectivity index (χ0) is 14.6. The van der Waals surface area contributed by atoms with Gasteiger partial charge in [-0.25, -0.2) is 0 Å². The van der Waals surface area contributed by atoms with Gasteiger partial charge in [0.1, 0.15) is 0 Å². The van der Waals surface area contributed by atoms with Crippen LogP contribution in [0.25, 0.3) is 0 Å². The maximum atomic E-state index is 12.3. The van der Waals surface area contributed by atoms with E-state index in [1.807, 2.05) is 0 Å². The standard InChI is InChI=1S/C11H16F3N3O2/c1-6(2)8(18)5-15-10(19)4-7-3-9(17-16-7)11(12,13)14/h3,6,8,18H,4-5H2,1-2H3,(H,15,19)(H,16,17). The van der Waals surface area contributed by atoms with Gasteiger partial charge in [-0.1, -0.05) is 13.8 Å². The van der Waals surface area contributed by atoms with E-state index in [1.165, 1.54) is 0 Å². The largest absolute Gasteiger partial charge is 0.435 e. The molecule has 0 aliphatic heterocycles. The van der Waals surface area contributed by atoms with Crippen LogP contribution in [0.5, 0.6) is 0 Å². The average molecular weight is 279 g/mol. The summed E-state index contributed by atoms with van der Waals surface area (Å²) in [6, 6.07) is 0.790. The third kappa shape index (κ3) is 4.90. The summed E-state index contributed by atoms with van der Waals surface area (Å²) >= 11 is 0. The highest BCUT2D eigenvalue weighted by Gasteiger charge is 2.33. The fraction of sp³-hybridized carbons (Fsp3) is 0.636. The molecular formula is C11H16F3N3O2. The van der Waals surface area contributed by atoms with Crippen molar-refractivity contribution >= 4 is 5.91 Å². The van der Waals surface area contributed by atoms with E-state index >= 15 is 0 Å². The summed E-state index contributed by atoms with van der Waals surface area (Å²) in [7, 11) is 0. The van der Waals surface area contributed by atoms with Gasteiger partial charge in [-0.2, -0.15) is 18.3 Å². The van der Waals surface area contributed by atoms with Crippen molar-refractivity contribution in [3.8, 4) is 0 Å². The molecular weight excluding hydrogens is 263 g/mol. The molecule has 19 heavy (non-hydrogen) atoms. The van der Waals surface area contributed by atoms with E-state index in [0.717, 1.165) is 6.07 Å². The van der Waals surface area contributed by atoms with Crippen molar-refractivity contribution in [3.63, 3.8) is 0 Å². The Morgan fingerprint density at radius 1 is 1.53 bits per heavy atom. The van der Waals surface area contributed by atoms with Gasteiger partial charge in [0.25, 0.3) is 0 Å². The van der Waals surface area contributed by atoms with Gasteiger partial charge in [-0.05, 0) is 12.0 Å². The smallest absolute Gasteiger partial charge is 0.391 e. The molecule has 0 bridgehead atoms. The predicted octanol–water partition coefficient (Wildman–Crippen LogP) is 1.10. The minimum absolute atomic E-state index is 0.00992. The first-order valence-electron chi connectivity index (χ1n) is 5.76. The van der Waals surface area contributed by atoms with E-state index in [1.54, 1.807) is 13.8 Å². The number of carbonyl (C=O) groups excluding carboxylic acids is 1. The summed E-state index contributed by atoms with van der Waals surface area (Å²) in [5.41, 5.74) is -0.985. The van der Waals surface area contributed by atoms with Crippen molar-refractivity contribution in [2.75, 3.05) is 6.54 Å². The molecule has 0 aliphatic rings. The fourth-order valence-electron chi connectivity index (χ4n) is 1.29. The lowest BCUT2D eigenvalue weighted by molar-refractivity contribution is -0.141. The molecule has 1 aromatic heterocycles. The molecule has 0 saturated heterocycles. The zero-order valence-corrected chi connectivity index (χ0v) is 10.6. The minimum Gasteiger partial charge on any atom is -0.391 e. The van der Waals surface area contributed by atoms with Crippen molar-refractivity contribution in [2.45, 2.75) is 32.5 Å². The van der Waals surface area contributed by atoms with E-state index in [9.17, 15) is 23.1 Å². The van der Waals surface area contributed by atoms with Crippen LogP contribution in [0.1, 0.15) is 25.2 Å². The van der Waals surface area contributed by atoms with Crippen molar-refractivity contribution in [2.24, 2.45) is 5.92 Å². The molecule has 1 heterocycles. The van der Waals surface area contributed by atoms with Gasteiger partial charge in [-0.15, -0.1) is 0 Å². The predicted molar refractivity (Wildman–Crippen MR) is 61.1 cm³/mol. The molecule has 0 aliphatic carbocycles. The highest BCUT2D eigenvalue weighted by atomic mass is 19.4. The second-order valence-electron chi connectivity index (χ2n) is 4.57. The van der Waals surface area contributed by atoms with E-state index in [0.29, 0.717) is 0 Å². The number of hydrogen-bond acceptors (Lipinski definition) is 3. The highest BCUT2D eigenvalue weighted by Crippen LogP contribution is 2.27. The number of aromatic nitrogens is 2. The number of nitrogens with zero attached hydrogens (tertiary/aromatic N) is 1. The maximum absolute atomic E-state index is 12.3. The lowest BCUT2D eigenvalue weighted by atomic mass is 10.1. The molecule has 0 fully saturated rings. The van der Waals surface area contributed by atoms with Gasteiger partial charge in [0, 0.05) is 12.2 Å². The first-order chi connectivity index (χ1) is 8.70. The molecule has 108 valence electrons. The summed E-state index contributed by atoms with van der Waals surface area (Å²) < 4.78 is 36.8. The van der Waals surface area contributed by atoms with Gasteiger partial charge >= 0.3 is 6.18 Å². The molecule has 1 atom stereocenters. The normalized spacial score (nSPS) is 13.6. The topological polar surface area (TPSA) is 78.0 Å². The molecule has 5 nitrogen and oxygen atoms in total. The summed E-state index contributed by atoms with van der Waals surface area (Å²) in [6.07, 6.45) is -5.45. The lowest BCUT2D eigenvalue weighted by Crippen LogP contribution is -2.35. The SMILES string of the molecule is CC(C)C(O)CNC(=O)Cc1cc(C(F)(F)F)n[nH]1. The van der Waals surface area contributed by atoms with E-state index in [2.05, 4.69) is 15.5 Å². The molecule has 0 spiro atoms. The van der Waals surface area contributed by atoms with Crippen LogP contribution >= 0.6 is 0 Å². The molecule has 1 unspecified atom stereocenters. The molecule has 3 N–H and O–H groups in total. The number of aliphatic hydroxyl groups is 1. The van der Waals surface area contributed by atoms with Crippen LogP contribution in [0, 0.1) is 5.92 Å². The minimum atomic E-state index is -4.53. The van der Waals surface area contributed by atoms with E-state index in [-0.39, 0.29) is 24.6 Å². The van der Waals surface area contributed by atoms with Gasteiger partial charge in [-0.3, -0.25) is 9.89 Å². The van der Waals surface area contributed by atoms with Gasteiger partial charge in [0.05, 0.1) is 12.5 Å². The number of aliphatic hydroxyl groups excluding tert-OH is 1. The third-order valence-corrected chi connectivity index (χ3v) is 2.55. The number of rotatable bonds is 5. The Hall–Kier alpha value is -1.57. The number of aromatic amines is 1. The first kappa shape index (κ1) is 15.5. The van der Waals surface area contributed by atoms with Crippen LogP contribution in [0.4, 0.5) is 13.2 Å². The third-order valence-electron chi connectivity index (χ3n) is 2.55. The van der Waals surface area contributed by atoms with Gasteiger partial charge in [0.15, 0.2) is 5.69 Å². The summed E-state index contributed by atoms with van der Waals surface area (Å²) in [4.78, 5) is 11.4. The van der Waals surface area contributed by atoms with Crippen LogP contribution < -0.4 is 5.32 Å². The Morgan fingerprint density at radius 3 is 2.63 bits per heavy atom. The number of alkyl halides is 3. The maximum Gasteiger partial charge on any atom is 0.435 e. The Kier molecular flexibility index (Phi) is 4.93. The highest BCUT2D eigenvalue weighted by molar-refractivity contribution is 5.78. The Bertz CT molecular complexity index is 429. The number of halogens is 3. The van der Waals surface area contributed by atoms with Crippen LogP contribution in [0.2, 0.25) is 0 Å². The zero-order valence-electron chi connectivity index (χ0n) is 10.6. The molecule has 1 rings (SSSR count). The molecule has 1 aromatic rings. The van der Waals surface area contributed by atoms with Crippen LogP contribution in [0.15, 0.2) is 6.07 Å². The molecule has 0 aromatic carbocycles. The number of hydrogen-bond donors (Lipinski definition) is 3. The fourth-order valence-corrected chi connectivity index (χ4v) is 1.29. The van der Waals surface area contributed by atoms with Crippen molar-refractivity contribution in [1.29, 1.82) is 0 Å². The van der Waals surface area contributed by atoms with Crippen molar-refractivity contribution in [1.82, 2.24) is 15.5 Å². The summed E-state index contributed by atoms with van der Waals surface area (Å²) in [5, 5.41) is 17.2.